The van der Waals surface area contributed by atoms with Crippen molar-refractivity contribution in [1.29, 1.82) is 0 Å². The zero-order valence-electron chi connectivity index (χ0n) is 12.4. The zero-order chi connectivity index (χ0) is 14.7. The van der Waals surface area contributed by atoms with Crippen LogP contribution in [0.2, 0.25) is 0 Å². The van der Waals surface area contributed by atoms with Gasteiger partial charge in [-0.05, 0) is 43.5 Å². The number of rotatable bonds is 6. The Morgan fingerprint density at radius 3 is 2.81 bits per heavy atom. The number of carbonyl (C=O) groups is 1. The molecule has 21 heavy (non-hydrogen) atoms. The first kappa shape index (κ1) is 14.2. The van der Waals surface area contributed by atoms with Crippen LogP contribution in [0.25, 0.3) is 0 Å². The van der Waals surface area contributed by atoms with Crippen LogP contribution in [0.15, 0.2) is 18.2 Å². The third-order valence-corrected chi connectivity index (χ3v) is 3.96. The molecule has 5 nitrogen and oxygen atoms in total. The highest BCUT2D eigenvalue weighted by molar-refractivity contribution is 5.78. The molecule has 0 spiro atoms. The van der Waals surface area contributed by atoms with Gasteiger partial charge in [-0.15, -0.1) is 0 Å². The lowest BCUT2D eigenvalue weighted by Crippen LogP contribution is -2.37. The Bertz CT molecular complexity index is 514. The van der Waals surface area contributed by atoms with Crippen molar-refractivity contribution in [1.82, 2.24) is 10.2 Å². The Balaban J connectivity index is 1.42. The van der Waals surface area contributed by atoms with Crippen LogP contribution in [0.5, 0.6) is 11.5 Å². The SMILES string of the molecule is CN(C(=O)CNCCc1ccc2c(c1)OCCO2)C1CC1. The summed E-state index contributed by atoms with van der Waals surface area (Å²) in [6.45, 7) is 2.42. The van der Waals surface area contributed by atoms with Crippen LogP contribution in [-0.4, -0.2) is 50.2 Å². The van der Waals surface area contributed by atoms with E-state index in [2.05, 4.69) is 5.32 Å². The molecule has 1 aromatic carbocycles. The molecule has 1 heterocycles. The highest BCUT2D eigenvalue weighted by atomic mass is 16.6. The second-order valence-electron chi connectivity index (χ2n) is 5.64. The monoisotopic (exact) mass is 290 g/mol. The first-order valence-electron chi connectivity index (χ1n) is 7.59. The van der Waals surface area contributed by atoms with Gasteiger partial charge in [0, 0.05) is 13.1 Å². The number of likely N-dealkylation sites (N-methyl/N-ethyl adjacent to an activating group) is 1. The molecular formula is C16H22N2O3. The molecule has 0 atom stereocenters. The van der Waals surface area contributed by atoms with Crippen molar-refractivity contribution >= 4 is 5.91 Å². The van der Waals surface area contributed by atoms with Crippen LogP contribution < -0.4 is 14.8 Å². The maximum atomic E-state index is 11.9. The number of hydrogen-bond acceptors (Lipinski definition) is 4. The summed E-state index contributed by atoms with van der Waals surface area (Å²) in [5.41, 5.74) is 1.19. The Hall–Kier alpha value is -1.75. The number of fused-ring (bicyclic) bond motifs is 1. The maximum Gasteiger partial charge on any atom is 0.236 e. The molecule has 1 amide bonds. The highest BCUT2D eigenvalue weighted by Crippen LogP contribution is 2.30. The van der Waals surface area contributed by atoms with Gasteiger partial charge in [0.2, 0.25) is 5.91 Å². The van der Waals surface area contributed by atoms with Gasteiger partial charge in [-0.3, -0.25) is 4.79 Å². The van der Waals surface area contributed by atoms with Crippen molar-refractivity contribution in [3.63, 3.8) is 0 Å². The molecular weight excluding hydrogens is 268 g/mol. The van der Waals surface area contributed by atoms with E-state index in [0.717, 1.165) is 37.3 Å². The molecule has 1 fully saturated rings. The summed E-state index contributed by atoms with van der Waals surface area (Å²) in [5, 5.41) is 3.21. The van der Waals surface area contributed by atoms with E-state index < -0.39 is 0 Å². The minimum atomic E-state index is 0.180. The van der Waals surface area contributed by atoms with Crippen LogP contribution in [0.4, 0.5) is 0 Å². The number of ether oxygens (including phenoxy) is 2. The molecule has 114 valence electrons. The molecule has 0 radical (unpaired) electrons. The summed E-state index contributed by atoms with van der Waals surface area (Å²) in [7, 11) is 1.89. The van der Waals surface area contributed by atoms with Crippen molar-refractivity contribution in [3.05, 3.63) is 23.8 Å². The predicted molar refractivity (Wildman–Crippen MR) is 79.8 cm³/mol. The molecule has 5 heteroatoms. The molecule has 3 rings (SSSR count). The lowest BCUT2D eigenvalue weighted by molar-refractivity contribution is -0.129. The van der Waals surface area contributed by atoms with Crippen LogP contribution >= 0.6 is 0 Å². The van der Waals surface area contributed by atoms with Gasteiger partial charge >= 0.3 is 0 Å². The molecule has 0 bridgehead atoms. The van der Waals surface area contributed by atoms with Gasteiger partial charge < -0.3 is 19.7 Å². The van der Waals surface area contributed by atoms with Crippen molar-refractivity contribution in [2.75, 3.05) is 33.4 Å². The lowest BCUT2D eigenvalue weighted by Gasteiger charge is -2.19. The third kappa shape index (κ3) is 3.67. The van der Waals surface area contributed by atoms with E-state index in [0.29, 0.717) is 25.8 Å². The summed E-state index contributed by atoms with van der Waals surface area (Å²) in [5.74, 6) is 1.82. The van der Waals surface area contributed by atoms with Crippen molar-refractivity contribution < 1.29 is 14.3 Å². The third-order valence-electron chi connectivity index (χ3n) is 3.96. The first-order chi connectivity index (χ1) is 10.2. The Kier molecular flexibility index (Phi) is 4.29. The normalized spacial score (nSPS) is 16.6. The van der Waals surface area contributed by atoms with E-state index in [9.17, 15) is 4.79 Å². The number of amides is 1. The standard InChI is InChI=1S/C16H22N2O3/c1-18(13-3-4-13)16(19)11-17-7-6-12-2-5-14-15(10-12)21-9-8-20-14/h2,5,10,13,17H,3-4,6-9,11H2,1H3. The van der Waals surface area contributed by atoms with E-state index >= 15 is 0 Å². The average molecular weight is 290 g/mol. The summed E-state index contributed by atoms with van der Waals surface area (Å²) in [6, 6.07) is 6.51. The Morgan fingerprint density at radius 2 is 2.05 bits per heavy atom. The summed E-state index contributed by atoms with van der Waals surface area (Å²) < 4.78 is 11.1. The minimum absolute atomic E-state index is 0.180. The number of nitrogens with zero attached hydrogens (tertiary/aromatic N) is 1. The molecule has 0 aromatic heterocycles. The number of nitrogens with one attached hydrogen (secondary N) is 1. The van der Waals surface area contributed by atoms with Gasteiger partial charge in [-0.25, -0.2) is 0 Å². The topological polar surface area (TPSA) is 50.8 Å². The largest absolute Gasteiger partial charge is 0.486 e. The van der Waals surface area contributed by atoms with Gasteiger partial charge in [0.1, 0.15) is 13.2 Å². The summed E-state index contributed by atoms with van der Waals surface area (Å²) in [4.78, 5) is 13.7. The minimum Gasteiger partial charge on any atom is -0.486 e. The van der Waals surface area contributed by atoms with Crippen LogP contribution in [-0.2, 0) is 11.2 Å². The molecule has 2 aliphatic rings. The number of benzene rings is 1. The average Bonchev–Trinajstić information content (AvgIpc) is 3.35. The smallest absolute Gasteiger partial charge is 0.236 e. The van der Waals surface area contributed by atoms with Crippen molar-refractivity contribution in [2.45, 2.75) is 25.3 Å². The van der Waals surface area contributed by atoms with Crippen molar-refractivity contribution in [2.24, 2.45) is 0 Å². The molecule has 1 aliphatic heterocycles. The highest BCUT2D eigenvalue weighted by Gasteiger charge is 2.28. The lowest BCUT2D eigenvalue weighted by atomic mass is 10.1. The summed E-state index contributed by atoms with van der Waals surface area (Å²) in [6.07, 6.45) is 3.18. The second kappa shape index (κ2) is 6.35. The predicted octanol–water partition coefficient (Wildman–Crippen LogP) is 1.21. The van der Waals surface area contributed by atoms with E-state index in [4.69, 9.17) is 9.47 Å². The van der Waals surface area contributed by atoms with Crippen molar-refractivity contribution in [3.8, 4) is 11.5 Å². The van der Waals surface area contributed by atoms with Gasteiger partial charge in [-0.1, -0.05) is 6.07 Å². The molecule has 1 aromatic rings. The maximum absolute atomic E-state index is 11.9. The quantitative estimate of drug-likeness (QED) is 0.800. The molecule has 0 saturated heterocycles. The van der Waals surface area contributed by atoms with Gasteiger partial charge in [0.05, 0.1) is 6.54 Å². The summed E-state index contributed by atoms with van der Waals surface area (Å²) >= 11 is 0. The second-order valence-corrected chi connectivity index (χ2v) is 5.64. The van der Waals surface area contributed by atoms with Gasteiger partial charge in [0.25, 0.3) is 0 Å². The number of carbonyl (C=O) groups excluding carboxylic acids is 1. The molecule has 1 N–H and O–H groups in total. The van der Waals surface area contributed by atoms with E-state index in [1.807, 2.05) is 30.1 Å². The van der Waals surface area contributed by atoms with Gasteiger partial charge in [-0.2, -0.15) is 0 Å². The van der Waals surface area contributed by atoms with E-state index in [-0.39, 0.29) is 5.91 Å². The Morgan fingerprint density at radius 1 is 1.29 bits per heavy atom. The Labute approximate surface area is 125 Å². The van der Waals surface area contributed by atoms with E-state index in [1.54, 1.807) is 0 Å². The fourth-order valence-electron chi connectivity index (χ4n) is 2.46. The van der Waals surface area contributed by atoms with Crippen LogP contribution in [0, 0.1) is 0 Å². The van der Waals surface area contributed by atoms with Crippen LogP contribution in [0.3, 0.4) is 0 Å². The van der Waals surface area contributed by atoms with E-state index in [1.165, 1.54) is 5.56 Å². The first-order valence-corrected chi connectivity index (χ1v) is 7.59. The van der Waals surface area contributed by atoms with Gasteiger partial charge in [0.15, 0.2) is 11.5 Å². The molecule has 1 aliphatic carbocycles. The molecule has 0 unspecified atom stereocenters. The molecule has 1 saturated carbocycles. The fraction of sp³-hybridized carbons (Fsp3) is 0.562. The number of hydrogen-bond donors (Lipinski definition) is 1. The fourth-order valence-corrected chi connectivity index (χ4v) is 2.46. The van der Waals surface area contributed by atoms with Crippen LogP contribution in [0.1, 0.15) is 18.4 Å². The zero-order valence-corrected chi connectivity index (χ0v) is 12.4.